The Bertz CT molecular complexity index is 408. The molecule has 3 heteroatoms. The maximum Gasteiger partial charge on any atom is 0.125 e. The highest BCUT2D eigenvalue weighted by Crippen LogP contribution is 2.22. The zero-order chi connectivity index (χ0) is 8.55. The summed E-state index contributed by atoms with van der Waals surface area (Å²) >= 11 is 1.57. The third-order valence-electron chi connectivity index (χ3n) is 1.61. The molecule has 0 aliphatic rings. The molecule has 0 saturated heterocycles. The highest BCUT2D eigenvalue weighted by atomic mass is 32.1. The molecule has 0 fully saturated rings. The van der Waals surface area contributed by atoms with Crippen LogP contribution in [0.1, 0.15) is 5.01 Å². The molecular weight excluding hydrogens is 173 g/mol. The zero-order valence-electron chi connectivity index (χ0n) is 6.38. The lowest BCUT2D eigenvalue weighted by Crippen LogP contribution is -1.75. The van der Waals surface area contributed by atoms with Crippen molar-refractivity contribution in [3.8, 4) is 0 Å². The number of rotatable bonds is 1. The van der Waals surface area contributed by atoms with Crippen LogP contribution in [0.5, 0.6) is 0 Å². The fourth-order valence-electron chi connectivity index (χ4n) is 1.06. The van der Waals surface area contributed by atoms with Crippen LogP contribution in [-0.4, -0.2) is 4.98 Å². The van der Waals surface area contributed by atoms with Gasteiger partial charge < -0.3 is 0 Å². The van der Waals surface area contributed by atoms with Crippen LogP contribution in [-0.2, 0) is 6.42 Å². The van der Waals surface area contributed by atoms with Crippen LogP contribution in [0.4, 0.5) is 4.39 Å². The summed E-state index contributed by atoms with van der Waals surface area (Å²) in [5, 5.41) is 0.954. The Kier molecular flexibility index (Phi) is 1.81. The molecule has 61 valence electrons. The van der Waals surface area contributed by atoms with Gasteiger partial charge in [-0.2, -0.15) is 0 Å². The van der Waals surface area contributed by atoms with Crippen LogP contribution < -0.4 is 0 Å². The van der Waals surface area contributed by atoms with Gasteiger partial charge in [0.2, 0.25) is 0 Å². The molecule has 1 radical (unpaired) electrons. The fourth-order valence-corrected chi connectivity index (χ4v) is 1.90. The van der Waals surface area contributed by atoms with Crippen molar-refractivity contribution in [3.05, 3.63) is 35.9 Å². The molecule has 0 N–H and O–H groups in total. The van der Waals surface area contributed by atoms with Crippen molar-refractivity contribution in [2.24, 2.45) is 0 Å². The molecule has 1 aromatic heterocycles. The van der Waals surface area contributed by atoms with E-state index in [1.807, 2.05) is 0 Å². The Morgan fingerprint density at radius 2 is 2.33 bits per heavy atom. The van der Waals surface area contributed by atoms with E-state index < -0.39 is 0 Å². The molecule has 12 heavy (non-hydrogen) atoms. The van der Waals surface area contributed by atoms with Gasteiger partial charge in [-0.25, -0.2) is 9.37 Å². The normalized spacial score (nSPS) is 10.8. The van der Waals surface area contributed by atoms with E-state index in [-0.39, 0.29) is 5.82 Å². The number of halogens is 1. The van der Waals surface area contributed by atoms with E-state index >= 15 is 0 Å². The molecule has 1 heterocycles. The van der Waals surface area contributed by atoms with Crippen LogP contribution in [0.3, 0.4) is 0 Å². The van der Waals surface area contributed by atoms with Crippen molar-refractivity contribution < 1.29 is 4.39 Å². The number of fused-ring (bicyclic) bond motifs is 1. The Morgan fingerprint density at radius 3 is 3.08 bits per heavy atom. The average Bonchev–Trinajstić information content (AvgIpc) is 2.46. The molecule has 2 rings (SSSR count). The molecule has 0 saturated carbocycles. The van der Waals surface area contributed by atoms with E-state index in [0.717, 1.165) is 15.2 Å². The Labute approximate surface area is 73.9 Å². The second-order valence-corrected chi connectivity index (χ2v) is 3.58. The lowest BCUT2D eigenvalue weighted by atomic mass is 10.3. The summed E-state index contributed by atoms with van der Waals surface area (Å²) in [4.78, 5) is 4.21. The van der Waals surface area contributed by atoms with Gasteiger partial charge in [0, 0.05) is 6.07 Å². The predicted molar refractivity (Wildman–Crippen MR) is 48.6 cm³/mol. The summed E-state index contributed by atoms with van der Waals surface area (Å²) in [6.45, 7) is 3.73. The molecule has 0 amide bonds. The van der Waals surface area contributed by atoms with Crippen LogP contribution in [0, 0.1) is 12.7 Å². The third kappa shape index (κ3) is 1.20. The van der Waals surface area contributed by atoms with E-state index in [0.29, 0.717) is 6.42 Å². The lowest BCUT2D eigenvalue weighted by Gasteiger charge is -1.85. The minimum absolute atomic E-state index is 0.233. The second kappa shape index (κ2) is 2.83. The Morgan fingerprint density at radius 1 is 1.50 bits per heavy atom. The first-order valence-corrected chi connectivity index (χ1v) is 4.45. The van der Waals surface area contributed by atoms with Crippen LogP contribution in [0.15, 0.2) is 18.2 Å². The van der Waals surface area contributed by atoms with E-state index in [1.54, 1.807) is 17.4 Å². The van der Waals surface area contributed by atoms with Gasteiger partial charge >= 0.3 is 0 Å². The SMILES string of the molecule is [CH2]Cc1nc2cc(F)ccc2s1. The first-order valence-electron chi connectivity index (χ1n) is 3.64. The van der Waals surface area contributed by atoms with Crippen LogP contribution in [0.2, 0.25) is 0 Å². The maximum atomic E-state index is 12.7. The molecule has 0 atom stereocenters. The van der Waals surface area contributed by atoms with Gasteiger partial charge in [-0.15, -0.1) is 11.3 Å². The third-order valence-corrected chi connectivity index (χ3v) is 2.70. The van der Waals surface area contributed by atoms with Crippen molar-refractivity contribution in [3.63, 3.8) is 0 Å². The molecule has 0 aliphatic heterocycles. The zero-order valence-corrected chi connectivity index (χ0v) is 7.20. The summed E-state index contributed by atoms with van der Waals surface area (Å²) in [6, 6.07) is 4.65. The van der Waals surface area contributed by atoms with Crippen molar-refractivity contribution in [2.75, 3.05) is 0 Å². The molecule has 0 spiro atoms. The maximum absolute atomic E-state index is 12.7. The number of aromatic nitrogens is 1. The largest absolute Gasteiger partial charge is 0.241 e. The molecule has 0 aliphatic carbocycles. The molecule has 1 nitrogen and oxygen atoms in total. The molecule has 0 bridgehead atoms. The first-order chi connectivity index (χ1) is 5.79. The van der Waals surface area contributed by atoms with E-state index in [1.165, 1.54) is 12.1 Å². The molecule has 1 aromatic carbocycles. The molecule has 0 unspecified atom stereocenters. The highest BCUT2D eigenvalue weighted by molar-refractivity contribution is 7.18. The lowest BCUT2D eigenvalue weighted by molar-refractivity contribution is 0.629. The van der Waals surface area contributed by atoms with Crippen LogP contribution >= 0.6 is 11.3 Å². The molecular formula is C9H7FNS. The summed E-state index contributed by atoms with van der Waals surface area (Å²) in [6.07, 6.45) is 0.668. The fraction of sp³-hybridized carbons (Fsp3) is 0.111. The summed E-state index contributed by atoms with van der Waals surface area (Å²) in [5.41, 5.74) is 0.735. The summed E-state index contributed by atoms with van der Waals surface area (Å²) in [7, 11) is 0. The Balaban J connectivity index is 2.67. The van der Waals surface area contributed by atoms with Gasteiger partial charge in [-0.3, -0.25) is 0 Å². The van der Waals surface area contributed by atoms with Gasteiger partial charge in [0.05, 0.1) is 15.2 Å². The van der Waals surface area contributed by atoms with Gasteiger partial charge in [0.1, 0.15) is 5.82 Å². The van der Waals surface area contributed by atoms with Gasteiger partial charge in [-0.1, -0.05) is 0 Å². The topological polar surface area (TPSA) is 12.9 Å². The number of nitrogens with zero attached hydrogens (tertiary/aromatic N) is 1. The minimum Gasteiger partial charge on any atom is -0.241 e. The Hall–Kier alpha value is -0.960. The summed E-state index contributed by atoms with van der Waals surface area (Å²) in [5.74, 6) is -0.233. The average molecular weight is 180 g/mol. The van der Waals surface area contributed by atoms with Crippen molar-refractivity contribution in [2.45, 2.75) is 6.42 Å². The predicted octanol–water partition coefficient (Wildman–Crippen LogP) is 2.81. The van der Waals surface area contributed by atoms with Gasteiger partial charge in [0.15, 0.2) is 0 Å². The van der Waals surface area contributed by atoms with Crippen molar-refractivity contribution >= 4 is 21.6 Å². The monoisotopic (exact) mass is 180 g/mol. The minimum atomic E-state index is -0.233. The van der Waals surface area contributed by atoms with E-state index in [4.69, 9.17) is 0 Å². The van der Waals surface area contributed by atoms with E-state index in [2.05, 4.69) is 11.9 Å². The first kappa shape index (κ1) is 7.68. The van der Waals surface area contributed by atoms with Gasteiger partial charge in [-0.05, 0) is 25.5 Å². The molecule has 2 aromatic rings. The van der Waals surface area contributed by atoms with Crippen molar-refractivity contribution in [1.29, 1.82) is 0 Å². The second-order valence-electron chi connectivity index (χ2n) is 2.47. The van der Waals surface area contributed by atoms with E-state index in [9.17, 15) is 4.39 Å². The smallest absolute Gasteiger partial charge is 0.125 e. The number of hydrogen-bond acceptors (Lipinski definition) is 2. The quantitative estimate of drug-likeness (QED) is 0.657. The number of benzene rings is 1. The summed E-state index contributed by atoms with van der Waals surface area (Å²) < 4.78 is 13.7. The van der Waals surface area contributed by atoms with Gasteiger partial charge in [0.25, 0.3) is 0 Å². The van der Waals surface area contributed by atoms with Crippen LogP contribution in [0.25, 0.3) is 10.2 Å². The highest BCUT2D eigenvalue weighted by Gasteiger charge is 2.02. The number of hydrogen-bond donors (Lipinski definition) is 0. The number of thiazole rings is 1. The standard InChI is InChI=1S/C9H7FNS/c1-2-9-11-7-5-6(10)3-4-8(7)12-9/h3-5H,1-2H2. The van der Waals surface area contributed by atoms with Crippen molar-refractivity contribution in [1.82, 2.24) is 4.98 Å².